The molecule has 4 nitrogen and oxygen atoms in total. The van der Waals surface area contributed by atoms with Crippen LogP contribution >= 0.6 is 0 Å². The smallest absolute Gasteiger partial charge is 0.491 e. The lowest BCUT2D eigenvalue weighted by Gasteiger charge is -2.16. The molecule has 0 spiro atoms. The second-order valence-electron chi connectivity index (χ2n) is 2.97. The molecule has 1 heterocycles. The highest BCUT2D eigenvalue weighted by Crippen LogP contribution is 2.35. The van der Waals surface area contributed by atoms with Crippen LogP contribution in [0.15, 0.2) is 6.20 Å². The molecule has 1 rings (SSSR count). The number of pyridine rings is 1. The maximum atomic E-state index is 12.2. The Morgan fingerprint density at radius 3 is 2.50 bits per heavy atom. The van der Waals surface area contributed by atoms with E-state index in [0.717, 1.165) is 6.20 Å². The summed E-state index contributed by atoms with van der Waals surface area (Å²) in [5.41, 5.74) is 5.91. The van der Waals surface area contributed by atoms with Gasteiger partial charge in [0.05, 0.1) is 13.3 Å². The Bertz CT molecular complexity index is 380. The quantitative estimate of drug-likeness (QED) is 0.868. The molecule has 0 aliphatic carbocycles. The van der Waals surface area contributed by atoms with Crippen LogP contribution in [0.4, 0.5) is 13.2 Å². The normalized spacial score (nSPS) is 11.4. The minimum atomic E-state index is -4.79. The number of aryl methyl sites for hydroxylation is 1. The van der Waals surface area contributed by atoms with Gasteiger partial charge in [0.15, 0.2) is 11.5 Å². The lowest BCUT2D eigenvalue weighted by Crippen LogP contribution is -2.20. The van der Waals surface area contributed by atoms with Crippen LogP contribution < -0.4 is 15.2 Å². The van der Waals surface area contributed by atoms with Gasteiger partial charge in [-0.15, -0.1) is 13.2 Å². The van der Waals surface area contributed by atoms with Crippen molar-refractivity contribution in [2.45, 2.75) is 19.8 Å². The van der Waals surface area contributed by atoms with Crippen molar-refractivity contribution >= 4 is 0 Å². The largest absolute Gasteiger partial charge is 0.573 e. The van der Waals surface area contributed by atoms with Crippen LogP contribution in [0.2, 0.25) is 0 Å². The zero-order valence-electron chi connectivity index (χ0n) is 8.76. The van der Waals surface area contributed by atoms with Crippen LogP contribution in [0.25, 0.3) is 0 Å². The topological polar surface area (TPSA) is 57.4 Å². The number of hydrogen-bond acceptors (Lipinski definition) is 4. The van der Waals surface area contributed by atoms with Gasteiger partial charge in [-0.05, 0) is 6.92 Å². The van der Waals surface area contributed by atoms with Gasteiger partial charge in [-0.1, -0.05) is 0 Å². The number of alkyl halides is 3. The van der Waals surface area contributed by atoms with Gasteiger partial charge in [0.1, 0.15) is 0 Å². The molecule has 0 bridgehead atoms. The van der Waals surface area contributed by atoms with Gasteiger partial charge < -0.3 is 15.2 Å². The highest BCUT2D eigenvalue weighted by molar-refractivity contribution is 5.47. The number of ether oxygens (including phenoxy) is 2. The molecule has 0 unspecified atom stereocenters. The van der Waals surface area contributed by atoms with E-state index in [1.807, 2.05) is 0 Å². The number of rotatable bonds is 3. The molecule has 0 aliphatic heterocycles. The Morgan fingerprint density at radius 2 is 2.06 bits per heavy atom. The Labute approximate surface area is 90.2 Å². The zero-order valence-corrected chi connectivity index (χ0v) is 8.76. The van der Waals surface area contributed by atoms with E-state index in [4.69, 9.17) is 10.5 Å². The molecule has 0 atom stereocenters. The highest BCUT2D eigenvalue weighted by Gasteiger charge is 2.34. The van der Waals surface area contributed by atoms with Crippen molar-refractivity contribution in [2.24, 2.45) is 5.73 Å². The fourth-order valence-corrected chi connectivity index (χ4v) is 1.22. The van der Waals surface area contributed by atoms with Crippen LogP contribution in [0.1, 0.15) is 11.3 Å². The summed E-state index contributed by atoms with van der Waals surface area (Å²) >= 11 is 0. The first-order valence-electron chi connectivity index (χ1n) is 4.37. The van der Waals surface area contributed by atoms with Gasteiger partial charge in [0.25, 0.3) is 0 Å². The zero-order chi connectivity index (χ0) is 12.3. The summed E-state index contributed by atoms with van der Waals surface area (Å²) < 4.78 is 45.1. The van der Waals surface area contributed by atoms with Gasteiger partial charge in [-0.2, -0.15) is 0 Å². The van der Waals surface area contributed by atoms with Gasteiger partial charge in [-0.25, -0.2) is 0 Å². The SMILES string of the molecule is COc1cnc(C)c(CN)c1OC(F)(F)F. The van der Waals surface area contributed by atoms with E-state index in [1.54, 1.807) is 6.92 Å². The van der Waals surface area contributed by atoms with E-state index in [2.05, 4.69) is 9.72 Å². The van der Waals surface area contributed by atoms with Crippen molar-refractivity contribution in [3.05, 3.63) is 17.5 Å². The third kappa shape index (κ3) is 2.75. The van der Waals surface area contributed by atoms with E-state index >= 15 is 0 Å². The minimum absolute atomic E-state index is 0.0941. The van der Waals surface area contributed by atoms with E-state index in [0.29, 0.717) is 5.69 Å². The van der Waals surface area contributed by atoms with E-state index in [1.165, 1.54) is 7.11 Å². The molecule has 0 radical (unpaired) electrons. The molecule has 7 heteroatoms. The molecule has 1 aromatic rings. The average molecular weight is 236 g/mol. The first-order chi connectivity index (χ1) is 7.39. The summed E-state index contributed by atoms with van der Waals surface area (Å²) in [6.07, 6.45) is -3.62. The molecule has 16 heavy (non-hydrogen) atoms. The van der Waals surface area contributed by atoms with E-state index in [9.17, 15) is 13.2 Å². The van der Waals surface area contributed by atoms with Crippen LogP contribution in [0, 0.1) is 6.92 Å². The molecule has 0 aromatic carbocycles. The molecule has 0 saturated heterocycles. The summed E-state index contributed by atoms with van der Waals surface area (Å²) in [7, 11) is 1.23. The molecule has 0 fully saturated rings. The molecular weight excluding hydrogens is 225 g/mol. The summed E-state index contributed by atoms with van der Waals surface area (Å²) in [5.74, 6) is -0.520. The van der Waals surface area contributed by atoms with Crippen LogP contribution in [0.5, 0.6) is 11.5 Å². The molecule has 1 aromatic heterocycles. The highest BCUT2D eigenvalue weighted by atomic mass is 19.4. The number of aromatic nitrogens is 1. The van der Waals surface area contributed by atoms with Gasteiger partial charge in [0, 0.05) is 17.8 Å². The Balaban J connectivity index is 3.25. The predicted molar refractivity (Wildman–Crippen MR) is 50.1 cm³/mol. The molecular formula is C9H11F3N2O2. The maximum Gasteiger partial charge on any atom is 0.573 e. The van der Waals surface area contributed by atoms with E-state index in [-0.39, 0.29) is 17.9 Å². The first kappa shape index (κ1) is 12.6. The molecule has 2 N–H and O–H groups in total. The van der Waals surface area contributed by atoms with Crippen molar-refractivity contribution in [3.63, 3.8) is 0 Å². The third-order valence-corrected chi connectivity index (χ3v) is 1.95. The van der Waals surface area contributed by atoms with Gasteiger partial charge >= 0.3 is 6.36 Å². The van der Waals surface area contributed by atoms with Crippen molar-refractivity contribution in [2.75, 3.05) is 7.11 Å². The number of nitrogens with zero attached hydrogens (tertiary/aromatic N) is 1. The summed E-state index contributed by atoms with van der Waals surface area (Å²) in [6.45, 7) is 1.44. The maximum absolute atomic E-state index is 12.2. The second kappa shape index (κ2) is 4.56. The fourth-order valence-electron chi connectivity index (χ4n) is 1.22. The summed E-state index contributed by atoms with van der Waals surface area (Å²) in [6, 6.07) is 0. The van der Waals surface area contributed by atoms with Crippen LogP contribution in [-0.4, -0.2) is 18.5 Å². The standard InChI is InChI=1S/C9H11F3N2O2/c1-5-6(3-13)8(16-9(10,11)12)7(15-2)4-14-5/h4H,3,13H2,1-2H3. The summed E-state index contributed by atoms with van der Waals surface area (Å²) in [5, 5.41) is 0. The molecule has 0 aliphatic rings. The van der Waals surface area contributed by atoms with Crippen molar-refractivity contribution in [1.29, 1.82) is 0 Å². The Hall–Kier alpha value is -1.50. The monoisotopic (exact) mass is 236 g/mol. The first-order valence-corrected chi connectivity index (χ1v) is 4.37. The Kier molecular flexibility index (Phi) is 3.58. The predicted octanol–water partition coefficient (Wildman–Crippen LogP) is 1.76. The average Bonchev–Trinajstić information content (AvgIpc) is 2.16. The van der Waals surface area contributed by atoms with Gasteiger partial charge in [0.2, 0.25) is 0 Å². The van der Waals surface area contributed by atoms with Crippen LogP contribution in [0.3, 0.4) is 0 Å². The van der Waals surface area contributed by atoms with Crippen molar-refractivity contribution < 1.29 is 22.6 Å². The number of nitrogens with two attached hydrogens (primary N) is 1. The molecule has 0 saturated carbocycles. The second-order valence-corrected chi connectivity index (χ2v) is 2.97. The number of hydrogen-bond donors (Lipinski definition) is 1. The Morgan fingerprint density at radius 1 is 1.44 bits per heavy atom. The van der Waals surface area contributed by atoms with Crippen LogP contribution in [-0.2, 0) is 6.54 Å². The van der Waals surface area contributed by atoms with E-state index < -0.39 is 12.1 Å². The third-order valence-electron chi connectivity index (χ3n) is 1.95. The number of halogens is 3. The number of methoxy groups -OCH3 is 1. The fraction of sp³-hybridized carbons (Fsp3) is 0.444. The lowest BCUT2D eigenvalue weighted by molar-refractivity contribution is -0.275. The molecule has 0 amide bonds. The van der Waals surface area contributed by atoms with Crippen molar-refractivity contribution in [1.82, 2.24) is 4.98 Å². The van der Waals surface area contributed by atoms with Crippen molar-refractivity contribution in [3.8, 4) is 11.5 Å². The lowest BCUT2D eigenvalue weighted by atomic mass is 10.2. The minimum Gasteiger partial charge on any atom is -0.491 e. The molecule has 90 valence electrons. The summed E-state index contributed by atoms with van der Waals surface area (Å²) in [4.78, 5) is 3.86. The van der Waals surface area contributed by atoms with Gasteiger partial charge in [-0.3, -0.25) is 4.98 Å².